The third-order valence-electron chi connectivity index (χ3n) is 4.13. The Balaban J connectivity index is 1.92. The first-order chi connectivity index (χ1) is 12.8. The number of nitriles is 1. The van der Waals surface area contributed by atoms with Crippen molar-refractivity contribution in [3.8, 4) is 11.8 Å². The number of aromatic nitrogens is 1. The average molecular weight is 394 g/mol. The SMILES string of the molecule is Cc1cn(-c2ccc(C(F)(F)F)cc2)c(=NC(=O)N(CCC#N)C2CC2)s1. The van der Waals surface area contributed by atoms with Gasteiger partial charge in [-0.05, 0) is 44.0 Å². The van der Waals surface area contributed by atoms with Gasteiger partial charge in [-0.25, -0.2) is 4.79 Å². The molecule has 5 nitrogen and oxygen atoms in total. The minimum Gasteiger partial charge on any atom is -0.319 e. The lowest BCUT2D eigenvalue weighted by atomic mass is 10.2. The van der Waals surface area contributed by atoms with Gasteiger partial charge in [0.05, 0.1) is 18.1 Å². The van der Waals surface area contributed by atoms with Crippen molar-refractivity contribution >= 4 is 17.4 Å². The Kier molecular flexibility index (Phi) is 5.37. The van der Waals surface area contributed by atoms with Crippen LogP contribution in [0.4, 0.5) is 18.0 Å². The third-order valence-corrected chi connectivity index (χ3v) is 5.03. The summed E-state index contributed by atoms with van der Waals surface area (Å²) in [5, 5.41) is 8.76. The van der Waals surface area contributed by atoms with Crippen LogP contribution >= 0.6 is 11.3 Å². The number of nitrogens with zero attached hydrogens (tertiary/aromatic N) is 4. The summed E-state index contributed by atoms with van der Waals surface area (Å²) in [5.41, 5.74) is -0.237. The zero-order valence-corrected chi connectivity index (χ0v) is 15.3. The fourth-order valence-corrected chi connectivity index (χ4v) is 3.49. The molecule has 0 radical (unpaired) electrons. The van der Waals surface area contributed by atoms with E-state index in [2.05, 4.69) is 4.99 Å². The Morgan fingerprint density at radius 3 is 2.59 bits per heavy atom. The minimum absolute atomic E-state index is 0.121. The molecule has 0 spiro atoms. The van der Waals surface area contributed by atoms with Gasteiger partial charge < -0.3 is 4.90 Å². The summed E-state index contributed by atoms with van der Waals surface area (Å²) in [6.45, 7) is 2.16. The number of aryl methyl sites for hydroxylation is 1. The van der Waals surface area contributed by atoms with E-state index in [1.165, 1.54) is 23.5 Å². The predicted octanol–water partition coefficient (Wildman–Crippen LogP) is 4.26. The maximum absolute atomic E-state index is 12.8. The standard InChI is InChI=1S/C18H17F3N4OS/c1-12-11-25(15-5-3-13(4-6-15)18(19,20)21)17(27-12)23-16(26)24(10-2-9-22)14-7-8-14/h3-6,11,14H,2,7-8,10H2,1H3. The van der Waals surface area contributed by atoms with E-state index in [1.807, 2.05) is 13.0 Å². The van der Waals surface area contributed by atoms with Gasteiger partial charge in [-0.3, -0.25) is 4.57 Å². The lowest BCUT2D eigenvalue weighted by Crippen LogP contribution is -2.33. The van der Waals surface area contributed by atoms with E-state index in [9.17, 15) is 18.0 Å². The molecule has 0 unspecified atom stereocenters. The first-order valence-corrected chi connectivity index (χ1v) is 9.20. The second-order valence-corrected chi connectivity index (χ2v) is 7.48. The van der Waals surface area contributed by atoms with Gasteiger partial charge in [0.15, 0.2) is 4.80 Å². The van der Waals surface area contributed by atoms with E-state index in [1.54, 1.807) is 15.7 Å². The molecule has 1 fully saturated rings. The van der Waals surface area contributed by atoms with Crippen molar-refractivity contribution in [3.05, 3.63) is 45.7 Å². The second kappa shape index (κ2) is 7.56. The number of benzene rings is 1. The summed E-state index contributed by atoms with van der Waals surface area (Å²) in [4.78, 5) is 19.6. The van der Waals surface area contributed by atoms with Crippen LogP contribution in [0.25, 0.3) is 5.69 Å². The number of hydrogen-bond acceptors (Lipinski definition) is 3. The molecule has 0 atom stereocenters. The van der Waals surface area contributed by atoms with E-state index in [-0.39, 0.29) is 12.5 Å². The number of carbonyl (C=O) groups excluding carboxylic acids is 1. The molecule has 1 aromatic carbocycles. The fraction of sp³-hybridized carbons (Fsp3) is 0.389. The zero-order valence-electron chi connectivity index (χ0n) is 14.5. The monoisotopic (exact) mass is 394 g/mol. The topological polar surface area (TPSA) is 61.4 Å². The van der Waals surface area contributed by atoms with Crippen LogP contribution in [0.15, 0.2) is 35.5 Å². The van der Waals surface area contributed by atoms with Crippen molar-refractivity contribution in [2.24, 2.45) is 4.99 Å². The Hall–Kier alpha value is -2.60. The highest BCUT2D eigenvalue weighted by Gasteiger charge is 2.32. The molecule has 0 N–H and O–H groups in total. The lowest BCUT2D eigenvalue weighted by Gasteiger charge is -2.17. The molecule has 1 aliphatic rings. The van der Waals surface area contributed by atoms with Gasteiger partial charge in [0.2, 0.25) is 0 Å². The molecule has 1 aromatic heterocycles. The Morgan fingerprint density at radius 1 is 1.37 bits per heavy atom. The Bertz CT molecular complexity index is 933. The van der Waals surface area contributed by atoms with Crippen LogP contribution in [-0.4, -0.2) is 28.1 Å². The number of urea groups is 1. The molecule has 3 rings (SSSR count). The van der Waals surface area contributed by atoms with Gasteiger partial charge in [0.1, 0.15) is 0 Å². The quantitative estimate of drug-likeness (QED) is 0.778. The number of carbonyl (C=O) groups is 1. The molecule has 1 saturated carbocycles. The van der Waals surface area contributed by atoms with E-state index in [4.69, 9.17) is 5.26 Å². The highest BCUT2D eigenvalue weighted by atomic mass is 32.1. The predicted molar refractivity (Wildman–Crippen MR) is 94.3 cm³/mol. The van der Waals surface area contributed by atoms with Crippen molar-refractivity contribution in [3.63, 3.8) is 0 Å². The second-order valence-electron chi connectivity index (χ2n) is 6.27. The largest absolute Gasteiger partial charge is 0.416 e. The van der Waals surface area contributed by atoms with Crippen LogP contribution in [0, 0.1) is 18.3 Å². The number of hydrogen-bond donors (Lipinski definition) is 0. The third kappa shape index (κ3) is 4.57. The number of rotatable bonds is 4. The molecule has 2 aromatic rings. The summed E-state index contributed by atoms with van der Waals surface area (Å²) in [6, 6.07) is 6.44. The van der Waals surface area contributed by atoms with Crippen LogP contribution in [-0.2, 0) is 6.18 Å². The number of thiazole rings is 1. The molecule has 9 heteroatoms. The first-order valence-electron chi connectivity index (χ1n) is 8.38. The molecule has 1 aliphatic carbocycles. The lowest BCUT2D eigenvalue weighted by molar-refractivity contribution is -0.137. The maximum atomic E-state index is 12.8. The molecule has 142 valence electrons. The maximum Gasteiger partial charge on any atom is 0.416 e. The summed E-state index contributed by atoms with van der Waals surface area (Å²) >= 11 is 1.28. The number of alkyl halides is 3. The van der Waals surface area contributed by atoms with Crippen LogP contribution in [0.3, 0.4) is 0 Å². The van der Waals surface area contributed by atoms with E-state index >= 15 is 0 Å². The van der Waals surface area contributed by atoms with Crippen molar-refractivity contribution < 1.29 is 18.0 Å². The smallest absolute Gasteiger partial charge is 0.319 e. The Labute approximate surface area is 158 Å². The molecule has 1 heterocycles. The number of amides is 2. The molecule has 0 aliphatic heterocycles. The summed E-state index contributed by atoms with van der Waals surface area (Å²) in [6.07, 6.45) is -0.636. The van der Waals surface area contributed by atoms with Gasteiger partial charge in [0, 0.05) is 29.3 Å². The van der Waals surface area contributed by atoms with Crippen LogP contribution in [0.1, 0.15) is 29.7 Å². The van der Waals surface area contributed by atoms with Gasteiger partial charge in [-0.2, -0.15) is 23.4 Å². The normalized spacial score (nSPS) is 14.9. The molecule has 0 bridgehead atoms. The molecule has 27 heavy (non-hydrogen) atoms. The van der Waals surface area contributed by atoms with E-state index < -0.39 is 17.8 Å². The van der Waals surface area contributed by atoms with Crippen molar-refractivity contribution in [1.29, 1.82) is 5.26 Å². The molecular formula is C18H17F3N4OS. The molecule has 2 amide bonds. The van der Waals surface area contributed by atoms with Crippen molar-refractivity contribution in [2.45, 2.75) is 38.4 Å². The van der Waals surface area contributed by atoms with Crippen LogP contribution in [0.5, 0.6) is 0 Å². The molecule has 0 saturated heterocycles. The molecular weight excluding hydrogens is 377 g/mol. The van der Waals surface area contributed by atoms with Crippen LogP contribution < -0.4 is 4.80 Å². The fourth-order valence-electron chi connectivity index (χ4n) is 2.67. The van der Waals surface area contributed by atoms with Gasteiger partial charge in [0.25, 0.3) is 0 Å². The summed E-state index contributed by atoms with van der Waals surface area (Å²) in [5.74, 6) is 0. The first kappa shape index (κ1) is 19.2. The van der Waals surface area contributed by atoms with Crippen LogP contribution in [0.2, 0.25) is 0 Å². The summed E-state index contributed by atoms with van der Waals surface area (Å²) < 4.78 is 39.9. The van der Waals surface area contributed by atoms with E-state index in [0.717, 1.165) is 29.9 Å². The number of halogens is 3. The van der Waals surface area contributed by atoms with Gasteiger partial charge in [-0.15, -0.1) is 11.3 Å². The average Bonchev–Trinajstić information content (AvgIpc) is 3.37. The van der Waals surface area contributed by atoms with Gasteiger partial charge >= 0.3 is 12.2 Å². The zero-order chi connectivity index (χ0) is 19.6. The van der Waals surface area contributed by atoms with Crippen molar-refractivity contribution in [1.82, 2.24) is 9.47 Å². The highest BCUT2D eigenvalue weighted by Crippen LogP contribution is 2.30. The van der Waals surface area contributed by atoms with E-state index in [0.29, 0.717) is 17.0 Å². The highest BCUT2D eigenvalue weighted by molar-refractivity contribution is 7.09. The van der Waals surface area contributed by atoms with Crippen molar-refractivity contribution in [2.75, 3.05) is 6.54 Å². The minimum atomic E-state index is -4.40. The Morgan fingerprint density at radius 2 is 2.04 bits per heavy atom. The van der Waals surface area contributed by atoms with Gasteiger partial charge in [-0.1, -0.05) is 0 Å². The summed E-state index contributed by atoms with van der Waals surface area (Å²) in [7, 11) is 0.